The van der Waals surface area contributed by atoms with E-state index in [2.05, 4.69) is 13.2 Å². The minimum Gasteiger partial charge on any atom is -0.514 e. The van der Waals surface area contributed by atoms with Crippen molar-refractivity contribution in [1.82, 2.24) is 0 Å². The molecule has 2 rings (SSSR count). The molecule has 0 amide bonds. The molecule has 4 heteroatoms. The lowest BCUT2D eigenvalue weighted by Gasteiger charge is -2.19. The maximum absolute atomic E-state index is 6.10. The average Bonchev–Trinajstić information content (AvgIpc) is 2.60. The molecule has 3 nitrogen and oxygen atoms in total. The quantitative estimate of drug-likeness (QED) is 0.643. The molecule has 0 radical (unpaired) electrons. The summed E-state index contributed by atoms with van der Waals surface area (Å²) in [6.45, 7) is 8.18. The van der Waals surface area contributed by atoms with E-state index in [0.29, 0.717) is 6.61 Å². The normalized spacial score (nSPS) is 10.3. The number of ether oxygens (including phenoxy) is 1. The summed E-state index contributed by atoms with van der Waals surface area (Å²) in [4.78, 5) is 0. The first-order chi connectivity index (χ1) is 11.2. The molecule has 120 valence electrons. The molecule has 0 aromatic heterocycles. The zero-order chi connectivity index (χ0) is 16.5. The maximum atomic E-state index is 6.10. The van der Waals surface area contributed by atoms with Crippen molar-refractivity contribution < 1.29 is 13.6 Å². The van der Waals surface area contributed by atoms with Gasteiger partial charge in [-0.2, -0.15) is 0 Å². The maximum Gasteiger partial charge on any atom is 0.446 e. The third kappa shape index (κ3) is 5.43. The van der Waals surface area contributed by atoms with E-state index in [4.69, 9.17) is 13.6 Å². The lowest BCUT2D eigenvalue weighted by Crippen LogP contribution is -2.31. The Morgan fingerprint density at radius 2 is 1.43 bits per heavy atom. The van der Waals surface area contributed by atoms with Gasteiger partial charge >= 0.3 is 9.28 Å². The molecule has 2 aromatic carbocycles. The van der Waals surface area contributed by atoms with Crippen LogP contribution in [-0.4, -0.2) is 23.0 Å². The van der Waals surface area contributed by atoms with E-state index < -0.39 is 9.28 Å². The number of methoxy groups -OCH3 is 1. The Morgan fingerprint density at radius 3 is 1.87 bits per heavy atom. The van der Waals surface area contributed by atoms with Crippen molar-refractivity contribution in [3.63, 3.8) is 0 Å². The molecule has 0 aliphatic rings. The number of rotatable bonds is 9. The van der Waals surface area contributed by atoms with Gasteiger partial charge in [-0.05, 0) is 35.4 Å². The van der Waals surface area contributed by atoms with Crippen LogP contribution in [0.15, 0.2) is 61.7 Å². The van der Waals surface area contributed by atoms with Crippen molar-refractivity contribution in [3.05, 3.63) is 72.8 Å². The van der Waals surface area contributed by atoms with Crippen molar-refractivity contribution in [1.29, 1.82) is 0 Å². The monoisotopic (exact) mass is 326 g/mol. The molecule has 0 saturated heterocycles. The van der Waals surface area contributed by atoms with Gasteiger partial charge in [0.25, 0.3) is 0 Å². The van der Waals surface area contributed by atoms with E-state index in [9.17, 15) is 0 Å². The van der Waals surface area contributed by atoms with Crippen LogP contribution in [0.1, 0.15) is 11.1 Å². The minimum absolute atomic E-state index is 0.610. The molecule has 0 aliphatic heterocycles. The first-order valence-electron chi connectivity index (χ1n) is 7.52. The van der Waals surface area contributed by atoms with Crippen LogP contribution in [0.4, 0.5) is 0 Å². The summed E-state index contributed by atoms with van der Waals surface area (Å²) in [5.74, 6) is 1.60. The Balaban J connectivity index is 2.11. The molecular weight excluding hydrogens is 304 g/mol. The fraction of sp³-hybridized carbons (Fsp3) is 0.158. The topological polar surface area (TPSA) is 27.7 Å². The van der Waals surface area contributed by atoms with Crippen LogP contribution in [0.3, 0.4) is 0 Å². The fourth-order valence-electron chi connectivity index (χ4n) is 2.09. The Kier molecular flexibility index (Phi) is 6.66. The van der Waals surface area contributed by atoms with Gasteiger partial charge in [0.15, 0.2) is 0 Å². The number of hydrogen-bond donors (Lipinski definition) is 0. The average molecular weight is 326 g/mol. The molecule has 2 aromatic rings. The van der Waals surface area contributed by atoms with E-state index in [0.717, 1.165) is 28.7 Å². The van der Waals surface area contributed by atoms with Crippen LogP contribution in [0.25, 0.3) is 12.2 Å². The molecule has 0 saturated carbocycles. The highest BCUT2D eigenvalue weighted by Gasteiger charge is 2.17. The summed E-state index contributed by atoms with van der Waals surface area (Å²) in [5, 5.41) is 0. The molecular formula is C19H22O3Si. The predicted octanol–water partition coefficient (Wildman–Crippen LogP) is 4.30. The van der Waals surface area contributed by atoms with Gasteiger partial charge < -0.3 is 13.6 Å². The molecule has 0 spiro atoms. The van der Waals surface area contributed by atoms with Gasteiger partial charge in [0.2, 0.25) is 0 Å². The summed E-state index contributed by atoms with van der Waals surface area (Å²) < 4.78 is 17.4. The van der Waals surface area contributed by atoms with Gasteiger partial charge in [0, 0.05) is 13.2 Å². The third-order valence-electron chi connectivity index (χ3n) is 3.28. The molecule has 0 N–H and O–H groups in total. The van der Waals surface area contributed by atoms with E-state index in [1.165, 1.54) is 0 Å². The summed E-state index contributed by atoms with van der Waals surface area (Å²) in [5.41, 5.74) is 2.05. The second kappa shape index (κ2) is 8.98. The molecule has 0 fully saturated rings. The lowest BCUT2D eigenvalue weighted by molar-refractivity contribution is 0.209. The van der Waals surface area contributed by atoms with E-state index in [-0.39, 0.29) is 0 Å². The Hall–Kier alpha value is -2.30. The van der Waals surface area contributed by atoms with Crippen LogP contribution in [0.2, 0.25) is 6.04 Å². The first-order valence-corrected chi connectivity index (χ1v) is 9.28. The Bertz CT molecular complexity index is 601. The standard InChI is InChI=1S/C19H22O3Si/c1-4-16-8-6-10-18(14-16)21-23(13-12-20-3)22-19-11-7-9-17(5-2)15-19/h4-11,14-15,23H,1-2,12-13H2,3H3. The van der Waals surface area contributed by atoms with E-state index in [1.807, 2.05) is 48.5 Å². The SMILES string of the molecule is C=Cc1cccc(O[SiH](CCOC)Oc2cccc(C=C)c2)c1. The smallest absolute Gasteiger partial charge is 0.446 e. The highest BCUT2D eigenvalue weighted by Crippen LogP contribution is 2.19. The van der Waals surface area contributed by atoms with Crippen molar-refractivity contribution >= 4 is 21.4 Å². The highest BCUT2D eigenvalue weighted by atomic mass is 28.3. The summed E-state index contributed by atoms with van der Waals surface area (Å²) in [6, 6.07) is 16.4. The van der Waals surface area contributed by atoms with Crippen molar-refractivity contribution in [2.45, 2.75) is 6.04 Å². The van der Waals surface area contributed by atoms with Gasteiger partial charge in [0.05, 0.1) is 6.61 Å². The van der Waals surface area contributed by atoms with Gasteiger partial charge in [-0.15, -0.1) is 0 Å². The molecule has 23 heavy (non-hydrogen) atoms. The predicted molar refractivity (Wildman–Crippen MR) is 98.2 cm³/mol. The van der Waals surface area contributed by atoms with Crippen LogP contribution in [0.5, 0.6) is 11.5 Å². The van der Waals surface area contributed by atoms with Crippen LogP contribution >= 0.6 is 0 Å². The molecule has 0 atom stereocenters. The van der Waals surface area contributed by atoms with Crippen molar-refractivity contribution in [2.75, 3.05) is 13.7 Å². The van der Waals surface area contributed by atoms with Gasteiger partial charge in [-0.25, -0.2) is 0 Å². The summed E-state index contributed by atoms with van der Waals surface area (Å²) in [6.07, 6.45) is 3.60. The molecule has 0 unspecified atom stereocenters. The summed E-state index contributed by atoms with van der Waals surface area (Å²) >= 11 is 0. The lowest BCUT2D eigenvalue weighted by atomic mass is 10.2. The zero-order valence-corrected chi connectivity index (χ0v) is 14.6. The third-order valence-corrected chi connectivity index (χ3v) is 5.06. The van der Waals surface area contributed by atoms with Gasteiger partial charge in [-0.1, -0.05) is 49.6 Å². The Morgan fingerprint density at radius 1 is 0.913 bits per heavy atom. The van der Waals surface area contributed by atoms with Crippen LogP contribution in [-0.2, 0) is 4.74 Å². The summed E-state index contributed by atoms with van der Waals surface area (Å²) in [7, 11) is -0.279. The van der Waals surface area contributed by atoms with E-state index >= 15 is 0 Å². The second-order valence-corrected chi connectivity index (χ2v) is 6.91. The van der Waals surface area contributed by atoms with Crippen LogP contribution in [0, 0.1) is 0 Å². The van der Waals surface area contributed by atoms with Crippen molar-refractivity contribution in [3.8, 4) is 11.5 Å². The molecule has 0 heterocycles. The van der Waals surface area contributed by atoms with Crippen LogP contribution < -0.4 is 8.85 Å². The largest absolute Gasteiger partial charge is 0.514 e. The zero-order valence-electron chi connectivity index (χ0n) is 13.4. The Labute approximate surface area is 139 Å². The van der Waals surface area contributed by atoms with Gasteiger partial charge in [0.1, 0.15) is 11.5 Å². The van der Waals surface area contributed by atoms with E-state index in [1.54, 1.807) is 19.3 Å². The van der Waals surface area contributed by atoms with Gasteiger partial charge in [-0.3, -0.25) is 0 Å². The molecule has 0 bridgehead atoms. The highest BCUT2D eigenvalue weighted by molar-refractivity contribution is 6.46. The fourth-order valence-corrected chi connectivity index (χ4v) is 3.70. The number of hydrogen-bond acceptors (Lipinski definition) is 3. The molecule has 0 aliphatic carbocycles. The first kappa shape index (κ1) is 17.1. The second-order valence-electron chi connectivity index (χ2n) is 5.00. The minimum atomic E-state index is -1.96. The number of benzene rings is 2. The van der Waals surface area contributed by atoms with Crippen molar-refractivity contribution in [2.24, 2.45) is 0 Å².